The first-order chi connectivity index (χ1) is 19.5. The second kappa shape index (κ2) is 14.1. The van der Waals surface area contributed by atoms with E-state index in [1.54, 1.807) is 0 Å². The fourth-order valence-electron chi connectivity index (χ4n) is 7.55. The molecule has 0 aromatic carbocycles. The zero-order valence-corrected chi connectivity index (χ0v) is 24.2. The highest BCUT2D eigenvalue weighted by atomic mass is 16.2. The molecule has 0 saturated heterocycles. The van der Waals surface area contributed by atoms with Crippen LogP contribution in [0.3, 0.4) is 0 Å². The Morgan fingerprint density at radius 2 is 0.875 bits per heavy atom. The van der Waals surface area contributed by atoms with Gasteiger partial charge in [-0.3, -0.25) is 24.5 Å². The van der Waals surface area contributed by atoms with E-state index in [4.69, 9.17) is 0 Å². The van der Waals surface area contributed by atoms with Gasteiger partial charge in [0.15, 0.2) is 6.29 Å². The molecular weight excluding hydrogens is 506 g/mol. The van der Waals surface area contributed by atoms with E-state index in [1.807, 2.05) is 0 Å². The normalized spacial score (nSPS) is 25.9. The van der Waals surface area contributed by atoms with Crippen molar-refractivity contribution in [2.75, 3.05) is 6.67 Å². The molecule has 0 aromatic heterocycles. The highest BCUT2D eigenvalue weighted by Crippen LogP contribution is 2.32. The van der Waals surface area contributed by atoms with E-state index in [1.165, 1.54) is 9.80 Å². The Labute approximate surface area is 239 Å². The second-order valence-electron chi connectivity index (χ2n) is 12.8. The van der Waals surface area contributed by atoms with Crippen molar-refractivity contribution in [2.45, 2.75) is 135 Å². The molecule has 1 atom stereocenters. The minimum absolute atomic E-state index is 0.131. The van der Waals surface area contributed by atoms with Crippen molar-refractivity contribution in [3.63, 3.8) is 0 Å². The summed E-state index contributed by atoms with van der Waals surface area (Å²) in [7, 11) is 0. The van der Waals surface area contributed by atoms with Crippen LogP contribution in [0.4, 0.5) is 0 Å². The highest BCUT2D eigenvalue weighted by Gasteiger charge is 2.43. The molecule has 0 bridgehead atoms. The molecule has 4 amide bonds. The van der Waals surface area contributed by atoms with Gasteiger partial charge in [-0.2, -0.15) is 0 Å². The van der Waals surface area contributed by atoms with Gasteiger partial charge in [0.2, 0.25) is 29.6 Å². The number of hydrogen-bond acceptors (Lipinski definition) is 7. The topological polar surface area (TPSA) is 111 Å². The smallest absolute Gasteiger partial charge is 0.239 e. The fraction of sp³-hybridized carbons (Fsp3) is 0.839. The Morgan fingerprint density at radius 1 is 0.525 bits per heavy atom. The van der Waals surface area contributed by atoms with E-state index in [9.17, 15) is 19.2 Å². The predicted molar refractivity (Wildman–Crippen MR) is 152 cm³/mol. The summed E-state index contributed by atoms with van der Waals surface area (Å²) in [5.74, 6) is -1.14. The van der Waals surface area contributed by atoms with Crippen molar-refractivity contribution >= 4 is 29.6 Å². The maximum absolute atomic E-state index is 14.0. The minimum Gasteiger partial charge on any atom is -0.322 e. The summed E-state index contributed by atoms with van der Waals surface area (Å²) < 4.78 is 0. The molecule has 2 N–H and O–H groups in total. The molecule has 4 aliphatic carbocycles. The third-order valence-corrected chi connectivity index (χ3v) is 9.98. The van der Waals surface area contributed by atoms with Crippen molar-refractivity contribution in [2.24, 2.45) is 28.7 Å². The lowest BCUT2D eigenvalue weighted by molar-refractivity contribution is -0.155. The van der Waals surface area contributed by atoms with Gasteiger partial charge in [-0.25, -0.2) is 14.8 Å². The van der Waals surface area contributed by atoms with Gasteiger partial charge in [-0.1, -0.05) is 77.0 Å². The number of carbonyl (C=O) groups excluding carboxylic acids is 4. The van der Waals surface area contributed by atoms with Gasteiger partial charge in [0.05, 0.1) is 6.67 Å². The van der Waals surface area contributed by atoms with Crippen LogP contribution < -0.4 is 10.6 Å². The summed E-state index contributed by atoms with van der Waals surface area (Å²) in [5, 5.41) is 6.46. The van der Waals surface area contributed by atoms with Crippen molar-refractivity contribution in [1.82, 2.24) is 20.4 Å². The molecule has 222 valence electrons. The number of amides is 4. The van der Waals surface area contributed by atoms with E-state index in [-0.39, 0.29) is 59.9 Å². The van der Waals surface area contributed by atoms with Crippen LogP contribution in [0.15, 0.2) is 4.99 Å². The maximum Gasteiger partial charge on any atom is 0.239 e. The van der Waals surface area contributed by atoms with E-state index in [2.05, 4.69) is 15.6 Å². The Balaban J connectivity index is 1.40. The predicted octanol–water partition coefficient (Wildman–Crippen LogP) is 4.81. The molecule has 1 heterocycles. The van der Waals surface area contributed by atoms with Crippen LogP contribution in [-0.2, 0) is 19.2 Å². The molecule has 0 spiro atoms. The van der Waals surface area contributed by atoms with Gasteiger partial charge in [0, 0.05) is 23.7 Å². The van der Waals surface area contributed by atoms with Gasteiger partial charge >= 0.3 is 0 Å². The third kappa shape index (κ3) is 6.77. The summed E-state index contributed by atoms with van der Waals surface area (Å²) in [6.07, 6.45) is 18.0. The largest absolute Gasteiger partial charge is 0.322 e. The quantitative estimate of drug-likeness (QED) is 0.471. The summed E-state index contributed by atoms with van der Waals surface area (Å²) in [6.45, 7) is 0.131. The maximum atomic E-state index is 14.0. The summed E-state index contributed by atoms with van der Waals surface area (Å²) in [4.78, 5) is 63.1. The third-order valence-electron chi connectivity index (χ3n) is 9.98. The van der Waals surface area contributed by atoms with Crippen LogP contribution >= 0.6 is 0 Å². The Morgan fingerprint density at radius 3 is 1.25 bits per heavy atom. The van der Waals surface area contributed by atoms with E-state index >= 15 is 0 Å². The molecule has 0 aromatic rings. The number of imide groups is 2. The monoisotopic (exact) mass is 555 g/mol. The van der Waals surface area contributed by atoms with E-state index in [0.29, 0.717) is 0 Å². The number of aliphatic imine (C=N–C) groups is 1. The Bertz CT molecular complexity index is 883. The molecule has 5 aliphatic rings. The molecule has 1 unspecified atom stereocenters. The van der Waals surface area contributed by atoms with Crippen LogP contribution in [0.5, 0.6) is 0 Å². The summed E-state index contributed by atoms with van der Waals surface area (Å²) in [5.41, 5.74) is 0. The molecule has 40 heavy (non-hydrogen) atoms. The van der Waals surface area contributed by atoms with Gasteiger partial charge in [-0.15, -0.1) is 0 Å². The molecule has 9 heteroatoms. The van der Waals surface area contributed by atoms with Gasteiger partial charge < -0.3 is 5.32 Å². The Kier molecular flexibility index (Phi) is 10.3. The molecule has 5 rings (SSSR count). The first-order valence-corrected chi connectivity index (χ1v) is 16.3. The molecule has 0 radical (unpaired) electrons. The van der Waals surface area contributed by atoms with Crippen LogP contribution in [0.2, 0.25) is 0 Å². The molecule has 9 nitrogen and oxygen atoms in total. The fourth-order valence-corrected chi connectivity index (χ4v) is 7.55. The Hall–Kier alpha value is -2.29. The number of nitrogens with one attached hydrogen (secondary N) is 2. The summed E-state index contributed by atoms with van der Waals surface area (Å²) in [6, 6.07) is 0. The lowest BCUT2D eigenvalue weighted by Crippen LogP contribution is -2.68. The van der Waals surface area contributed by atoms with Crippen molar-refractivity contribution < 1.29 is 19.2 Å². The van der Waals surface area contributed by atoms with Crippen molar-refractivity contribution in [3.8, 4) is 0 Å². The minimum atomic E-state index is -0.822. The van der Waals surface area contributed by atoms with E-state index in [0.717, 1.165) is 128 Å². The highest BCUT2D eigenvalue weighted by molar-refractivity contribution is 6.13. The first kappa shape index (κ1) is 29.2. The van der Waals surface area contributed by atoms with Gasteiger partial charge in [-0.05, 0) is 51.4 Å². The zero-order valence-electron chi connectivity index (χ0n) is 24.2. The van der Waals surface area contributed by atoms with Crippen LogP contribution in [0.1, 0.15) is 128 Å². The average molecular weight is 556 g/mol. The first-order valence-electron chi connectivity index (χ1n) is 16.3. The van der Waals surface area contributed by atoms with Gasteiger partial charge in [0.1, 0.15) is 0 Å². The number of hydrogen-bond donors (Lipinski definition) is 2. The van der Waals surface area contributed by atoms with Crippen LogP contribution in [0, 0.1) is 23.7 Å². The molecule has 4 saturated carbocycles. The van der Waals surface area contributed by atoms with Crippen molar-refractivity contribution in [1.29, 1.82) is 0 Å². The second-order valence-corrected chi connectivity index (χ2v) is 12.8. The SMILES string of the molecule is O=C(C1CCCCC1)N(C(=O)C1CCCCC1)C1=NCNC(N(C(=O)C2CCCCC2)C(=O)C2CCCCC2)N1. The average Bonchev–Trinajstić information content (AvgIpc) is 3.03. The number of rotatable bonds is 5. The molecule has 4 fully saturated rings. The lowest BCUT2D eigenvalue weighted by Gasteiger charge is -2.41. The number of guanidine groups is 1. The van der Waals surface area contributed by atoms with Crippen molar-refractivity contribution in [3.05, 3.63) is 0 Å². The van der Waals surface area contributed by atoms with E-state index < -0.39 is 6.29 Å². The van der Waals surface area contributed by atoms with Crippen LogP contribution in [-0.4, -0.2) is 52.3 Å². The summed E-state index contributed by atoms with van der Waals surface area (Å²) >= 11 is 0. The number of nitrogens with zero attached hydrogens (tertiary/aromatic N) is 3. The van der Waals surface area contributed by atoms with Crippen LogP contribution in [0.25, 0.3) is 0 Å². The lowest BCUT2D eigenvalue weighted by atomic mass is 9.86. The standard InChI is InChI=1S/C31H49N5O4/c37-26(22-13-5-1-6-14-22)35(27(38)23-15-7-2-8-16-23)30-32-21-33-31(34-30)36(28(39)24-17-9-3-10-18-24)29(40)25-19-11-4-12-20-25/h22-25,30,32H,1-21H2,(H,33,34). The van der Waals surface area contributed by atoms with Gasteiger partial charge in [0.25, 0.3) is 0 Å². The zero-order chi connectivity index (χ0) is 27.9. The molecular formula is C31H49N5O4. The molecule has 1 aliphatic heterocycles. The number of carbonyl (C=O) groups is 4.